The van der Waals surface area contributed by atoms with Crippen LogP contribution in [0.3, 0.4) is 0 Å². The van der Waals surface area contributed by atoms with Gasteiger partial charge in [0.15, 0.2) is 0 Å². The van der Waals surface area contributed by atoms with E-state index in [1.165, 1.54) is 4.90 Å². The molecule has 1 heterocycles. The number of nitrogens with zero attached hydrogens (tertiary/aromatic N) is 1. The van der Waals surface area contributed by atoms with E-state index in [4.69, 9.17) is 21.1 Å². The molecular weight excluding hydrogens is 416 g/mol. The minimum atomic E-state index is -0.585. The molecule has 0 spiro atoms. The number of carbonyl (C=O) groups is 2. The van der Waals surface area contributed by atoms with Crippen LogP contribution in [0.4, 0.5) is 4.79 Å². The number of rotatable bonds is 6. The van der Waals surface area contributed by atoms with Crippen molar-refractivity contribution in [3.05, 3.63) is 64.7 Å². The predicted molar refractivity (Wildman–Crippen MR) is 120 cm³/mol. The number of hydrogen-bond acceptors (Lipinski definition) is 4. The van der Waals surface area contributed by atoms with E-state index in [-0.39, 0.29) is 5.91 Å². The molecule has 0 bridgehead atoms. The maximum absolute atomic E-state index is 12.7. The molecule has 2 aromatic rings. The molecule has 3 rings (SSSR count). The summed E-state index contributed by atoms with van der Waals surface area (Å²) in [7, 11) is 0. The second-order valence-corrected chi connectivity index (χ2v) is 9.05. The van der Waals surface area contributed by atoms with Gasteiger partial charge < -0.3 is 14.8 Å². The summed E-state index contributed by atoms with van der Waals surface area (Å²) in [4.78, 5) is 26.5. The molecule has 31 heavy (non-hydrogen) atoms. The van der Waals surface area contributed by atoms with E-state index in [1.54, 1.807) is 0 Å². The molecule has 7 heteroatoms. The Morgan fingerprint density at radius 1 is 1.06 bits per heavy atom. The highest BCUT2D eigenvalue weighted by molar-refractivity contribution is 6.30. The largest absolute Gasteiger partial charge is 0.489 e. The van der Waals surface area contributed by atoms with E-state index in [0.717, 1.165) is 23.3 Å². The fourth-order valence-corrected chi connectivity index (χ4v) is 3.46. The zero-order valence-electron chi connectivity index (χ0n) is 18.2. The minimum Gasteiger partial charge on any atom is -0.489 e. The number of hydrogen-bond donors (Lipinski definition) is 1. The quantitative estimate of drug-likeness (QED) is 0.685. The summed E-state index contributed by atoms with van der Waals surface area (Å²) in [6, 6.07) is 14.6. The first kappa shape index (κ1) is 22.9. The van der Waals surface area contributed by atoms with Crippen LogP contribution in [0.15, 0.2) is 48.5 Å². The molecule has 0 aliphatic carbocycles. The van der Waals surface area contributed by atoms with Crippen LogP contribution in [0.5, 0.6) is 5.75 Å². The predicted octanol–water partition coefficient (Wildman–Crippen LogP) is 4.93. The van der Waals surface area contributed by atoms with Gasteiger partial charge in [0.2, 0.25) is 5.91 Å². The Morgan fingerprint density at radius 3 is 2.35 bits per heavy atom. The van der Waals surface area contributed by atoms with Gasteiger partial charge in [-0.1, -0.05) is 35.9 Å². The van der Waals surface area contributed by atoms with Crippen LogP contribution in [0.25, 0.3) is 0 Å². The molecule has 1 fully saturated rings. The molecule has 0 aromatic heterocycles. The smallest absolute Gasteiger partial charge is 0.410 e. The van der Waals surface area contributed by atoms with Crippen LogP contribution < -0.4 is 10.1 Å². The second kappa shape index (κ2) is 10.1. The van der Waals surface area contributed by atoms with Crippen LogP contribution in [0.2, 0.25) is 5.02 Å². The van der Waals surface area contributed by atoms with E-state index < -0.39 is 17.7 Å². The van der Waals surface area contributed by atoms with Crippen molar-refractivity contribution >= 4 is 23.6 Å². The van der Waals surface area contributed by atoms with Gasteiger partial charge in [-0.3, -0.25) is 9.69 Å². The molecule has 0 saturated carbocycles. The number of halogens is 1. The average molecular weight is 445 g/mol. The molecular formula is C24H29ClN2O4. The van der Waals surface area contributed by atoms with Gasteiger partial charge in [-0.05, 0) is 69.0 Å². The van der Waals surface area contributed by atoms with Crippen molar-refractivity contribution in [3.63, 3.8) is 0 Å². The molecule has 1 unspecified atom stereocenters. The summed E-state index contributed by atoms with van der Waals surface area (Å²) in [6.45, 7) is 6.83. The lowest BCUT2D eigenvalue weighted by Crippen LogP contribution is -2.47. The second-order valence-electron chi connectivity index (χ2n) is 8.61. The van der Waals surface area contributed by atoms with Gasteiger partial charge >= 0.3 is 6.09 Å². The van der Waals surface area contributed by atoms with Gasteiger partial charge in [0.25, 0.3) is 0 Å². The molecule has 1 aliphatic heterocycles. The standard InChI is InChI=1S/C24H29ClN2O4/c1-24(2,3)31-23(29)27-14-4-5-21(27)22(28)26-15-17-8-12-20(13-9-17)30-16-18-6-10-19(25)11-7-18/h6-13,21H,4-5,14-16H2,1-3H3,(H,26,28). The van der Waals surface area contributed by atoms with Crippen molar-refractivity contribution in [1.82, 2.24) is 10.2 Å². The topological polar surface area (TPSA) is 67.9 Å². The Balaban J connectivity index is 1.48. The fraction of sp³-hybridized carbons (Fsp3) is 0.417. The molecule has 1 aliphatic rings. The molecule has 2 amide bonds. The van der Waals surface area contributed by atoms with Gasteiger partial charge in [-0.2, -0.15) is 0 Å². The number of amides is 2. The first-order chi connectivity index (χ1) is 14.7. The molecule has 0 radical (unpaired) electrons. The van der Waals surface area contributed by atoms with Crippen molar-refractivity contribution in [2.24, 2.45) is 0 Å². The zero-order chi connectivity index (χ0) is 22.4. The first-order valence-electron chi connectivity index (χ1n) is 10.4. The Bertz CT molecular complexity index is 891. The molecule has 6 nitrogen and oxygen atoms in total. The fourth-order valence-electron chi connectivity index (χ4n) is 3.34. The SMILES string of the molecule is CC(C)(C)OC(=O)N1CCCC1C(=O)NCc1ccc(OCc2ccc(Cl)cc2)cc1. The number of carbonyl (C=O) groups excluding carboxylic acids is 2. The summed E-state index contributed by atoms with van der Waals surface area (Å²) in [5.74, 6) is 0.586. The van der Waals surface area contributed by atoms with Gasteiger partial charge in [0.05, 0.1) is 0 Å². The molecule has 2 aromatic carbocycles. The maximum Gasteiger partial charge on any atom is 0.410 e. The third kappa shape index (κ3) is 6.89. The van der Waals surface area contributed by atoms with Crippen molar-refractivity contribution in [3.8, 4) is 5.75 Å². The van der Waals surface area contributed by atoms with Crippen molar-refractivity contribution in [1.29, 1.82) is 0 Å². The highest BCUT2D eigenvalue weighted by Crippen LogP contribution is 2.21. The van der Waals surface area contributed by atoms with Crippen LogP contribution >= 0.6 is 11.6 Å². The summed E-state index contributed by atoms with van der Waals surface area (Å²) in [5, 5.41) is 3.63. The van der Waals surface area contributed by atoms with Crippen LogP contribution in [0, 0.1) is 0 Å². The number of ether oxygens (including phenoxy) is 2. The molecule has 1 atom stereocenters. The Hall–Kier alpha value is -2.73. The normalized spacial score (nSPS) is 16.1. The molecule has 166 valence electrons. The number of likely N-dealkylation sites (tertiary alicyclic amines) is 1. The van der Waals surface area contributed by atoms with Gasteiger partial charge in [0.1, 0.15) is 24.0 Å². The Morgan fingerprint density at radius 2 is 1.71 bits per heavy atom. The van der Waals surface area contributed by atoms with Crippen molar-refractivity contribution in [2.75, 3.05) is 6.54 Å². The summed E-state index contributed by atoms with van der Waals surface area (Å²) >= 11 is 5.89. The zero-order valence-corrected chi connectivity index (χ0v) is 18.9. The van der Waals surface area contributed by atoms with Crippen LogP contribution in [-0.2, 0) is 22.7 Å². The highest BCUT2D eigenvalue weighted by atomic mass is 35.5. The summed E-state index contributed by atoms with van der Waals surface area (Å²) < 4.78 is 11.2. The number of benzene rings is 2. The third-order valence-corrected chi connectivity index (χ3v) is 5.14. The monoisotopic (exact) mass is 444 g/mol. The van der Waals surface area contributed by atoms with Gasteiger partial charge in [-0.25, -0.2) is 4.79 Å². The molecule has 1 N–H and O–H groups in total. The Kier molecular flexibility index (Phi) is 7.44. The van der Waals surface area contributed by atoms with Crippen LogP contribution in [0.1, 0.15) is 44.7 Å². The first-order valence-corrected chi connectivity index (χ1v) is 10.8. The van der Waals surface area contributed by atoms with E-state index in [2.05, 4.69) is 5.32 Å². The van der Waals surface area contributed by atoms with Crippen molar-refractivity contribution < 1.29 is 19.1 Å². The van der Waals surface area contributed by atoms with Gasteiger partial charge in [0, 0.05) is 18.1 Å². The van der Waals surface area contributed by atoms with E-state index in [0.29, 0.717) is 31.1 Å². The third-order valence-electron chi connectivity index (χ3n) is 4.89. The summed E-state index contributed by atoms with van der Waals surface area (Å²) in [5.41, 5.74) is 1.40. The van der Waals surface area contributed by atoms with Gasteiger partial charge in [-0.15, -0.1) is 0 Å². The lowest BCUT2D eigenvalue weighted by Gasteiger charge is -2.28. The highest BCUT2D eigenvalue weighted by Gasteiger charge is 2.36. The summed E-state index contributed by atoms with van der Waals surface area (Å²) in [6.07, 6.45) is 0.992. The maximum atomic E-state index is 12.7. The lowest BCUT2D eigenvalue weighted by atomic mass is 10.2. The van der Waals surface area contributed by atoms with E-state index in [1.807, 2.05) is 69.3 Å². The average Bonchev–Trinajstić information content (AvgIpc) is 3.21. The van der Waals surface area contributed by atoms with Crippen LogP contribution in [-0.4, -0.2) is 35.1 Å². The lowest BCUT2D eigenvalue weighted by molar-refractivity contribution is -0.125. The van der Waals surface area contributed by atoms with E-state index in [9.17, 15) is 9.59 Å². The van der Waals surface area contributed by atoms with Crippen molar-refractivity contribution in [2.45, 2.75) is 58.4 Å². The molecule has 1 saturated heterocycles. The Labute approximate surface area is 188 Å². The van der Waals surface area contributed by atoms with E-state index >= 15 is 0 Å². The number of nitrogens with one attached hydrogen (secondary N) is 1. The minimum absolute atomic E-state index is 0.161.